The van der Waals surface area contributed by atoms with Crippen LogP contribution in [-0.4, -0.2) is 17.7 Å². The lowest BCUT2D eigenvalue weighted by atomic mass is 10.2. The lowest BCUT2D eigenvalue weighted by Crippen LogP contribution is -2.06. The topological polar surface area (TPSA) is 52.3 Å². The molecule has 0 amide bonds. The second-order valence-electron chi connectivity index (χ2n) is 4.35. The molecule has 0 saturated carbocycles. The first kappa shape index (κ1) is 14.1. The number of ether oxygens (including phenoxy) is 1. The van der Waals surface area contributed by atoms with E-state index >= 15 is 0 Å². The minimum Gasteiger partial charge on any atom is -0.461 e. The van der Waals surface area contributed by atoms with Gasteiger partial charge in [-0.25, -0.2) is 4.79 Å². The summed E-state index contributed by atoms with van der Waals surface area (Å²) < 4.78 is 10.1. The highest BCUT2D eigenvalue weighted by Gasteiger charge is 2.12. The summed E-state index contributed by atoms with van der Waals surface area (Å²) in [4.78, 5) is 11.6. The summed E-state index contributed by atoms with van der Waals surface area (Å²) in [5.74, 6) is 0.0813. The Bertz CT molecular complexity index is 572. The molecule has 1 aromatic heterocycles. The molecule has 104 valence electrons. The van der Waals surface area contributed by atoms with Crippen LogP contribution in [0.5, 0.6) is 0 Å². The van der Waals surface area contributed by atoms with Gasteiger partial charge in [-0.3, -0.25) is 0 Å². The fourth-order valence-corrected chi connectivity index (χ4v) is 1.59. The number of unbranched alkanes of at least 4 members (excludes halogenated alkanes) is 1. The maximum Gasteiger partial charge on any atom is 0.360 e. The van der Waals surface area contributed by atoms with Gasteiger partial charge >= 0.3 is 5.97 Å². The van der Waals surface area contributed by atoms with Gasteiger partial charge in [0.2, 0.25) is 0 Å². The second-order valence-corrected chi connectivity index (χ2v) is 4.35. The Kier molecular flexibility index (Phi) is 5.12. The highest BCUT2D eigenvalue weighted by atomic mass is 16.5. The van der Waals surface area contributed by atoms with Gasteiger partial charge in [-0.15, -0.1) is 0 Å². The molecule has 4 nitrogen and oxygen atoms in total. The van der Waals surface area contributed by atoms with E-state index in [1.165, 1.54) is 0 Å². The molecule has 1 aromatic carbocycles. The van der Waals surface area contributed by atoms with Gasteiger partial charge in [-0.05, 0) is 18.1 Å². The average Bonchev–Trinajstić information content (AvgIpc) is 2.95. The molecule has 0 bridgehead atoms. The predicted octanol–water partition coefficient (Wildman–Crippen LogP) is 3.80. The zero-order valence-electron chi connectivity index (χ0n) is 11.4. The standard InChI is InChI=1S/C16H17NO3/c1-2-3-11-19-16(18)15-12-14(20-17-15)10-9-13-7-5-4-6-8-13/h4-10,12H,2-3,11H2,1H3. The Morgan fingerprint density at radius 2 is 2.10 bits per heavy atom. The highest BCUT2D eigenvalue weighted by Crippen LogP contribution is 2.10. The molecule has 20 heavy (non-hydrogen) atoms. The van der Waals surface area contributed by atoms with Crippen LogP contribution in [0.3, 0.4) is 0 Å². The van der Waals surface area contributed by atoms with Crippen molar-refractivity contribution in [2.45, 2.75) is 19.8 Å². The van der Waals surface area contributed by atoms with Gasteiger partial charge < -0.3 is 9.26 Å². The van der Waals surface area contributed by atoms with Crippen LogP contribution < -0.4 is 0 Å². The first-order chi connectivity index (χ1) is 9.79. The van der Waals surface area contributed by atoms with Crippen LogP contribution in [-0.2, 0) is 4.74 Å². The van der Waals surface area contributed by atoms with E-state index in [0.29, 0.717) is 12.4 Å². The van der Waals surface area contributed by atoms with Crippen molar-refractivity contribution < 1.29 is 14.1 Å². The van der Waals surface area contributed by atoms with Crippen molar-refractivity contribution in [1.29, 1.82) is 0 Å². The van der Waals surface area contributed by atoms with E-state index in [4.69, 9.17) is 9.26 Å². The summed E-state index contributed by atoms with van der Waals surface area (Å²) in [6, 6.07) is 11.4. The fourth-order valence-electron chi connectivity index (χ4n) is 1.59. The lowest BCUT2D eigenvalue weighted by Gasteiger charge is -1.99. The third-order valence-electron chi connectivity index (χ3n) is 2.71. The van der Waals surface area contributed by atoms with E-state index in [0.717, 1.165) is 18.4 Å². The molecule has 1 heterocycles. The van der Waals surface area contributed by atoms with Crippen LogP contribution in [0.2, 0.25) is 0 Å². The van der Waals surface area contributed by atoms with E-state index < -0.39 is 5.97 Å². The highest BCUT2D eigenvalue weighted by molar-refractivity contribution is 5.87. The zero-order chi connectivity index (χ0) is 14.2. The second kappa shape index (κ2) is 7.28. The first-order valence-electron chi connectivity index (χ1n) is 6.66. The molecule has 0 spiro atoms. The third kappa shape index (κ3) is 4.09. The number of carbonyl (C=O) groups excluding carboxylic acids is 1. The number of hydrogen-bond donors (Lipinski definition) is 0. The summed E-state index contributed by atoms with van der Waals surface area (Å²) in [6.45, 7) is 2.45. The lowest BCUT2D eigenvalue weighted by molar-refractivity contribution is 0.0488. The monoisotopic (exact) mass is 271 g/mol. The van der Waals surface area contributed by atoms with E-state index in [1.54, 1.807) is 12.1 Å². The Morgan fingerprint density at radius 1 is 1.30 bits per heavy atom. The van der Waals surface area contributed by atoms with Crippen LogP contribution in [0.1, 0.15) is 41.6 Å². The summed E-state index contributed by atoms with van der Waals surface area (Å²) in [6.07, 6.45) is 5.50. The van der Waals surface area contributed by atoms with Gasteiger partial charge in [0.25, 0.3) is 0 Å². The number of benzene rings is 1. The van der Waals surface area contributed by atoms with Gasteiger partial charge in [-0.2, -0.15) is 0 Å². The maximum absolute atomic E-state index is 11.6. The quantitative estimate of drug-likeness (QED) is 0.592. The average molecular weight is 271 g/mol. The third-order valence-corrected chi connectivity index (χ3v) is 2.71. The summed E-state index contributed by atoms with van der Waals surface area (Å²) in [5, 5.41) is 3.71. The molecule has 0 aliphatic heterocycles. The number of carbonyl (C=O) groups is 1. The molecule has 0 unspecified atom stereocenters. The number of rotatable bonds is 6. The predicted molar refractivity (Wildman–Crippen MR) is 77.1 cm³/mol. The fraction of sp³-hybridized carbons (Fsp3) is 0.250. The first-order valence-corrected chi connectivity index (χ1v) is 6.66. The Morgan fingerprint density at radius 3 is 2.85 bits per heavy atom. The van der Waals surface area contributed by atoms with Crippen molar-refractivity contribution >= 4 is 18.1 Å². The van der Waals surface area contributed by atoms with Crippen LogP contribution >= 0.6 is 0 Å². The van der Waals surface area contributed by atoms with Crippen LogP contribution in [0.25, 0.3) is 12.2 Å². The van der Waals surface area contributed by atoms with Crippen molar-refractivity contribution in [3.05, 3.63) is 53.4 Å². The summed E-state index contributed by atoms with van der Waals surface area (Å²) in [7, 11) is 0. The van der Waals surface area contributed by atoms with Crippen molar-refractivity contribution in [1.82, 2.24) is 5.16 Å². The van der Waals surface area contributed by atoms with E-state index in [2.05, 4.69) is 5.16 Å². The normalized spacial score (nSPS) is 10.8. The van der Waals surface area contributed by atoms with Crippen LogP contribution in [0, 0.1) is 0 Å². The molecular weight excluding hydrogens is 254 g/mol. The Balaban J connectivity index is 1.95. The van der Waals surface area contributed by atoms with E-state index in [9.17, 15) is 4.79 Å². The minimum atomic E-state index is -0.443. The number of aromatic nitrogens is 1. The SMILES string of the molecule is CCCCOC(=O)c1cc(C=Cc2ccccc2)on1. The van der Waals surface area contributed by atoms with Gasteiger partial charge in [0, 0.05) is 6.07 Å². The van der Waals surface area contributed by atoms with Gasteiger partial charge in [0.05, 0.1) is 6.61 Å². The van der Waals surface area contributed by atoms with Crippen molar-refractivity contribution in [3.63, 3.8) is 0 Å². The maximum atomic E-state index is 11.6. The van der Waals surface area contributed by atoms with Crippen LogP contribution in [0.15, 0.2) is 40.9 Å². The molecule has 0 saturated heterocycles. The number of hydrogen-bond acceptors (Lipinski definition) is 4. The van der Waals surface area contributed by atoms with Crippen molar-refractivity contribution in [2.75, 3.05) is 6.61 Å². The number of nitrogens with zero attached hydrogens (tertiary/aromatic N) is 1. The molecule has 4 heteroatoms. The molecule has 0 radical (unpaired) electrons. The molecule has 0 aliphatic carbocycles. The molecule has 2 rings (SSSR count). The van der Waals surface area contributed by atoms with Gasteiger partial charge in [0.1, 0.15) is 0 Å². The van der Waals surface area contributed by atoms with E-state index in [-0.39, 0.29) is 5.69 Å². The molecule has 0 aliphatic rings. The van der Waals surface area contributed by atoms with Crippen molar-refractivity contribution in [2.24, 2.45) is 0 Å². The zero-order valence-corrected chi connectivity index (χ0v) is 11.4. The minimum absolute atomic E-state index is 0.203. The molecule has 2 aromatic rings. The Labute approximate surface area is 118 Å². The summed E-state index contributed by atoms with van der Waals surface area (Å²) in [5.41, 5.74) is 1.25. The van der Waals surface area contributed by atoms with Crippen LogP contribution in [0.4, 0.5) is 0 Å². The number of esters is 1. The molecule has 0 fully saturated rings. The van der Waals surface area contributed by atoms with Gasteiger partial charge in [0.15, 0.2) is 11.5 Å². The summed E-state index contributed by atoms with van der Waals surface area (Å²) >= 11 is 0. The van der Waals surface area contributed by atoms with Crippen molar-refractivity contribution in [3.8, 4) is 0 Å². The van der Waals surface area contributed by atoms with Gasteiger partial charge in [-0.1, -0.05) is 54.9 Å². The largest absolute Gasteiger partial charge is 0.461 e. The molecular formula is C16H17NO3. The molecule has 0 atom stereocenters. The Hall–Kier alpha value is -2.36. The molecule has 0 N–H and O–H groups in total. The van der Waals surface area contributed by atoms with E-state index in [1.807, 2.05) is 43.3 Å². The smallest absolute Gasteiger partial charge is 0.360 e.